The van der Waals surface area contributed by atoms with Gasteiger partial charge in [0.25, 0.3) is 0 Å². The van der Waals surface area contributed by atoms with Crippen molar-refractivity contribution in [1.29, 1.82) is 0 Å². The average molecular weight is 524 g/mol. The fourth-order valence-corrected chi connectivity index (χ4v) is 6.16. The lowest BCUT2D eigenvalue weighted by molar-refractivity contribution is -0.180. The van der Waals surface area contributed by atoms with Crippen molar-refractivity contribution in [2.45, 2.75) is 76.7 Å². The molecule has 1 aliphatic rings. The molecule has 1 saturated heterocycles. The highest BCUT2D eigenvalue weighted by molar-refractivity contribution is 8.13. The topological polar surface area (TPSA) is 99.2 Å². The third-order valence-electron chi connectivity index (χ3n) is 5.66. The summed E-state index contributed by atoms with van der Waals surface area (Å²) in [5.41, 5.74) is 0. The lowest BCUT2D eigenvalue weighted by Crippen LogP contribution is -2.69. The predicted octanol–water partition coefficient (Wildman–Crippen LogP) is 4.24. The molecule has 1 aliphatic heterocycles. The highest BCUT2D eigenvalue weighted by Crippen LogP contribution is 2.39. The van der Waals surface area contributed by atoms with Crippen LogP contribution in [0.25, 0.3) is 0 Å². The molecule has 8 nitrogen and oxygen atoms in total. The zero-order chi connectivity index (χ0) is 26.2. The van der Waals surface area contributed by atoms with Gasteiger partial charge in [-0.05, 0) is 45.1 Å². The first-order valence-corrected chi connectivity index (χ1v) is 16.2. The van der Waals surface area contributed by atoms with Gasteiger partial charge in [-0.2, -0.15) is 0 Å². The molecule has 10 heteroatoms. The van der Waals surface area contributed by atoms with E-state index in [1.807, 2.05) is 63.8 Å². The molecule has 194 valence electrons. The Hall–Kier alpha value is -2.17. The minimum atomic E-state index is -1.94. The lowest BCUT2D eigenvalue weighted by Gasteiger charge is -2.51. The number of unbranched alkanes of at least 4 members (excludes halogenated alkanes) is 1. The van der Waals surface area contributed by atoms with Crippen molar-refractivity contribution in [3.8, 4) is 0 Å². The van der Waals surface area contributed by atoms with Crippen molar-refractivity contribution in [3.05, 3.63) is 30.3 Å². The van der Waals surface area contributed by atoms with E-state index in [9.17, 15) is 19.2 Å². The van der Waals surface area contributed by atoms with Gasteiger partial charge in [0, 0.05) is 17.2 Å². The van der Waals surface area contributed by atoms with Crippen molar-refractivity contribution < 1.29 is 33.1 Å². The van der Waals surface area contributed by atoms with Gasteiger partial charge in [0.2, 0.25) is 12.7 Å². The van der Waals surface area contributed by atoms with Crippen molar-refractivity contribution in [3.63, 3.8) is 0 Å². The van der Waals surface area contributed by atoms with Crippen molar-refractivity contribution in [1.82, 2.24) is 4.90 Å². The summed E-state index contributed by atoms with van der Waals surface area (Å²) in [6.07, 6.45) is 1.43. The van der Waals surface area contributed by atoms with Crippen LogP contribution in [-0.4, -0.2) is 61.7 Å². The quantitative estimate of drug-likeness (QED) is 0.124. The molecule has 1 aromatic rings. The van der Waals surface area contributed by atoms with Gasteiger partial charge in [0.05, 0.1) is 18.1 Å². The van der Waals surface area contributed by atoms with Crippen LogP contribution in [0.15, 0.2) is 35.2 Å². The average Bonchev–Trinajstić information content (AvgIpc) is 2.78. The van der Waals surface area contributed by atoms with Crippen LogP contribution in [0.3, 0.4) is 0 Å². The molecule has 0 aromatic heterocycles. The van der Waals surface area contributed by atoms with E-state index in [1.165, 1.54) is 4.90 Å². The van der Waals surface area contributed by atoms with Crippen LogP contribution in [0.1, 0.15) is 40.0 Å². The molecule has 0 spiro atoms. The smallest absolute Gasteiger partial charge is 0.328 e. The fraction of sp³-hybridized carbons (Fsp3) is 0.600. The summed E-state index contributed by atoms with van der Waals surface area (Å²) in [5.74, 6) is -2.44. The number of carbonyl (C=O) groups excluding carboxylic acids is 4. The number of ether oxygens (including phenoxy) is 2. The van der Waals surface area contributed by atoms with Crippen molar-refractivity contribution in [2.24, 2.45) is 11.8 Å². The predicted molar refractivity (Wildman–Crippen MR) is 136 cm³/mol. The number of benzene rings is 1. The molecule has 0 saturated carbocycles. The van der Waals surface area contributed by atoms with Crippen LogP contribution in [-0.2, 0) is 33.1 Å². The summed E-state index contributed by atoms with van der Waals surface area (Å²) in [4.78, 5) is 52.3. The van der Waals surface area contributed by atoms with Crippen LogP contribution in [0.4, 0.5) is 0 Å². The Morgan fingerprint density at radius 2 is 1.69 bits per heavy atom. The lowest BCUT2D eigenvalue weighted by atomic mass is 9.77. The largest absolute Gasteiger partial charge is 0.428 e. The number of esters is 2. The second-order valence-corrected chi connectivity index (χ2v) is 15.2. The second kappa shape index (κ2) is 13.2. The van der Waals surface area contributed by atoms with Gasteiger partial charge >= 0.3 is 11.9 Å². The molecule has 35 heavy (non-hydrogen) atoms. The maximum Gasteiger partial charge on any atom is 0.328 e. The number of amides is 1. The molecule has 1 fully saturated rings. The van der Waals surface area contributed by atoms with Crippen molar-refractivity contribution in [2.75, 3.05) is 13.3 Å². The van der Waals surface area contributed by atoms with Gasteiger partial charge in [0.1, 0.15) is 6.54 Å². The Morgan fingerprint density at radius 3 is 2.29 bits per heavy atom. The molecule has 1 aromatic carbocycles. The van der Waals surface area contributed by atoms with Gasteiger partial charge < -0.3 is 18.8 Å². The Morgan fingerprint density at radius 1 is 1.06 bits per heavy atom. The number of rotatable bonds is 13. The van der Waals surface area contributed by atoms with Gasteiger partial charge in [0.15, 0.2) is 13.4 Å². The first-order valence-electron chi connectivity index (χ1n) is 12.0. The Kier molecular flexibility index (Phi) is 11.0. The fourth-order valence-electron chi connectivity index (χ4n) is 4.05. The molecular weight excluding hydrogens is 486 g/mol. The zero-order valence-corrected chi connectivity index (χ0v) is 23.3. The van der Waals surface area contributed by atoms with Crippen LogP contribution < -0.4 is 0 Å². The number of β-lactam (4-membered cyclic amide) rings is 1. The standard InChI is InChI=1S/C25H37NO7SSi/c1-7-8-14-20(27)31-16-32-21(28)15-26-23(22(24(26)29)18(3)33-35(4,5)6)17(2)25(30)34-19-12-10-9-11-13-19/h9-13,17-18,22-23H,7-8,14-16H2,1-6H3/t17?,18?,22?,23-/m1/s1. The summed E-state index contributed by atoms with van der Waals surface area (Å²) < 4.78 is 16.1. The minimum absolute atomic E-state index is 0.0953. The highest BCUT2D eigenvalue weighted by Gasteiger charge is 2.55. The Balaban J connectivity index is 2.07. The summed E-state index contributed by atoms with van der Waals surface area (Å²) in [7, 11) is -1.94. The molecule has 4 atom stereocenters. The minimum Gasteiger partial charge on any atom is -0.428 e. The van der Waals surface area contributed by atoms with E-state index < -0.39 is 44.9 Å². The number of hydrogen-bond acceptors (Lipinski definition) is 8. The molecule has 1 heterocycles. The second-order valence-electron chi connectivity index (χ2n) is 9.69. The molecule has 2 rings (SSSR count). The summed E-state index contributed by atoms with van der Waals surface area (Å²) in [5, 5.41) is -0.0953. The third kappa shape index (κ3) is 8.77. The van der Waals surface area contributed by atoms with Gasteiger partial charge in [-0.3, -0.25) is 19.2 Å². The molecule has 0 aliphatic carbocycles. The number of thioether (sulfide) groups is 1. The van der Waals surface area contributed by atoms with Crippen molar-refractivity contribution >= 4 is 43.0 Å². The van der Waals surface area contributed by atoms with Crippen LogP contribution in [0.5, 0.6) is 0 Å². The number of hydrogen-bond donors (Lipinski definition) is 0. The highest BCUT2D eigenvalue weighted by atomic mass is 32.2. The molecule has 0 bridgehead atoms. The first-order chi connectivity index (χ1) is 16.4. The first kappa shape index (κ1) is 29.1. The summed E-state index contributed by atoms with van der Waals surface area (Å²) >= 11 is 1.12. The molecule has 3 unspecified atom stereocenters. The SMILES string of the molecule is CCCCC(=O)OCOC(=O)CN1C(=O)C(C(C)O[Si](C)(C)C)[C@H]1C(C)C(=O)Sc1ccccc1. The molecule has 1 amide bonds. The summed E-state index contributed by atoms with van der Waals surface area (Å²) in [6.45, 7) is 10.9. The monoisotopic (exact) mass is 523 g/mol. The maximum absolute atomic E-state index is 13.1. The van der Waals surface area contributed by atoms with Crippen LogP contribution in [0.2, 0.25) is 19.6 Å². The normalized spacial score (nSPS) is 19.5. The van der Waals surface area contributed by atoms with Crippen LogP contribution >= 0.6 is 11.8 Å². The van der Waals surface area contributed by atoms with E-state index in [0.29, 0.717) is 6.42 Å². The van der Waals surface area contributed by atoms with E-state index in [-0.39, 0.29) is 30.1 Å². The van der Waals surface area contributed by atoms with E-state index in [1.54, 1.807) is 6.92 Å². The van der Waals surface area contributed by atoms with E-state index >= 15 is 0 Å². The van der Waals surface area contributed by atoms with Crippen LogP contribution in [0, 0.1) is 11.8 Å². The van der Waals surface area contributed by atoms with E-state index in [2.05, 4.69) is 0 Å². The van der Waals surface area contributed by atoms with E-state index in [4.69, 9.17) is 13.9 Å². The van der Waals surface area contributed by atoms with E-state index in [0.717, 1.165) is 23.1 Å². The molecular formula is C25H37NO7SSi. The third-order valence-corrected chi connectivity index (χ3v) is 7.82. The molecule has 0 radical (unpaired) electrons. The molecule has 0 N–H and O–H groups in total. The van der Waals surface area contributed by atoms with Gasteiger partial charge in [-0.25, -0.2) is 0 Å². The Labute approximate surface area is 213 Å². The van der Waals surface area contributed by atoms with Gasteiger partial charge in [-0.15, -0.1) is 0 Å². The number of nitrogens with zero attached hydrogens (tertiary/aromatic N) is 1. The number of likely N-dealkylation sites (tertiary alicyclic amines) is 1. The number of carbonyl (C=O) groups is 4. The summed E-state index contributed by atoms with van der Waals surface area (Å²) in [6, 6.07) is 8.80. The van der Waals surface area contributed by atoms with Gasteiger partial charge in [-0.1, -0.05) is 50.2 Å². The Bertz CT molecular complexity index is 890. The maximum atomic E-state index is 13.1. The zero-order valence-electron chi connectivity index (χ0n) is 21.4.